The van der Waals surface area contributed by atoms with Gasteiger partial charge in [-0.15, -0.1) is 0 Å². The van der Waals surface area contributed by atoms with Crippen molar-refractivity contribution in [2.45, 2.75) is 38.9 Å². The largest absolute Gasteiger partial charge is 0.483 e. The number of nitrogens with zero attached hydrogens (tertiary/aromatic N) is 2. The molecule has 1 aromatic heterocycles. The fourth-order valence-corrected chi connectivity index (χ4v) is 1.31. The Labute approximate surface area is 98.7 Å². The third-order valence-electron chi connectivity index (χ3n) is 2.19. The van der Waals surface area contributed by atoms with Crippen molar-refractivity contribution in [3.05, 3.63) is 22.4 Å². The van der Waals surface area contributed by atoms with Crippen LogP contribution in [-0.4, -0.2) is 22.1 Å². The van der Waals surface area contributed by atoms with Crippen LogP contribution in [0.5, 0.6) is 11.6 Å². The zero-order valence-corrected chi connectivity index (χ0v) is 9.75. The van der Waals surface area contributed by atoms with Gasteiger partial charge in [0.15, 0.2) is 0 Å². The molecule has 1 heterocycles. The molecular weight excluding hydrogens is 224 g/mol. The Kier molecular flexibility index (Phi) is 3.12. The molecule has 0 aromatic carbocycles. The van der Waals surface area contributed by atoms with Gasteiger partial charge in [0, 0.05) is 6.07 Å². The predicted molar refractivity (Wildman–Crippen MR) is 60.3 cm³/mol. The molecule has 6 nitrogen and oxygen atoms in total. The second-order valence-corrected chi connectivity index (χ2v) is 4.23. The molecule has 2 rings (SSSR count). The van der Waals surface area contributed by atoms with Crippen LogP contribution in [0, 0.1) is 10.1 Å². The maximum Gasteiger partial charge on any atom is 0.329 e. The molecular formula is C11H14N2O4. The molecule has 0 amide bonds. The number of aromatic nitrogens is 1. The van der Waals surface area contributed by atoms with Crippen LogP contribution in [0.2, 0.25) is 0 Å². The summed E-state index contributed by atoms with van der Waals surface area (Å²) in [5.41, 5.74) is -0.118. The van der Waals surface area contributed by atoms with Crippen molar-refractivity contribution in [3.8, 4) is 11.6 Å². The van der Waals surface area contributed by atoms with E-state index in [0.29, 0.717) is 5.88 Å². The third-order valence-corrected chi connectivity index (χ3v) is 2.19. The number of nitro groups is 1. The highest BCUT2D eigenvalue weighted by molar-refractivity contribution is 5.46. The summed E-state index contributed by atoms with van der Waals surface area (Å²) in [4.78, 5) is 14.2. The van der Waals surface area contributed by atoms with Gasteiger partial charge in [-0.3, -0.25) is 10.1 Å². The smallest absolute Gasteiger partial charge is 0.329 e. The number of pyridine rings is 1. The Balaban J connectivity index is 2.24. The number of hydrogen-bond acceptors (Lipinski definition) is 5. The second-order valence-electron chi connectivity index (χ2n) is 4.23. The lowest BCUT2D eigenvalue weighted by molar-refractivity contribution is -0.386. The summed E-state index contributed by atoms with van der Waals surface area (Å²) in [5.74, 6) is 0.587. The summed E-state index contributed by atoms with van der Waals surface area (Å²) < 4.78 is 10.9. The molecule has 1 aromatic rings. The maximum atomic E-state index is 10.8. The summed E-state index contributed by atoms with van der Waals surface area (Å²) in [6.07, 6.45) is 3.13. The Morgan fingerprint density at radius 1 is 1.53 bits per heavy atom. The quantitative estimate of drug-likeness (QED) is 0.581. The van der Waals surface area contributed by atoms with E-state index in [4.69, 9.17) is 9.47 Å². The minimum Gasteiger partial charge on any atom is -0.483 e. The van der Waals surface area contributed by atoms with Crippen molar-refractivity contribution < 1.29 is 14.4 Å². The maximum absolute atomic E-state index is 10.8. The van der Waals surface area contributed by atoms with E-state index in [1.54, 1.807) is 0 Å². The molecule has 1 aliphatic carbocycles. The Morgan fingerprint density at radius 2 is 2.24 bits per heavy atom. The summed E-state index contributed by atoms with van der Waals surface area (Å²) in [6, 6.07) is 1.48. The first-order valence-electron chi connectivity index (χ1n) is 5.54. The normalized spacial score (nSPS) is 14.8. The summed E-state index contributed by atoms with van der Waals surface area (Å²) in [6.45, 7) is 3.73. The van der Waals surface area contributed by atoms with E-state index in [9.17, 15) is 10.1 Å². The van der Waals surface area contributed by atoms with E-state index in [2.05, 4.69) is 4.98 Å². The number of hydrogen-bond donors (Lipinski definition) is 0. The van der Waals surface area contributed by atoms with Crippen molar-refractivity contribution in [1.82, 2.24) is 4.98 Å². The van der Waals surface area contributed by atoms with Crippen LogP contribution in [0.4, 0.5) is 5.69 Å². The van der Waals surface area contributed by atoms with E-state index in [1.165, 1.54) is 12.3 Å². The molecule has 0 bridgehead atoms. The molecule has 1 saturated carbocycles. The Bertz CT molecular complexity index is 429. The molecule has 0 atom stereocenters. The minimum absolute atomic E-state index is 0.0299. The zero-order valence-electron chi connectivity index (χ0n) is 9.75. The molecule has 1 fully saturated rings. The van der Waals surface area contributed by atoms with Gasteiger partial charge in [-0.25, -0.2) is 4.98 Å². The molecule has 0 N–H and O–H groups in total. The first-order valence-corrected chi connectivity index (χ1v) is 5.54. The van der Waals surface area contributed by atoms with Gasteiger partial charge < -0.3 is 9.47 Å². The summed E-state index contributed by atoms with van der Waals surface area (Å²) in [7, 11) is 0. The van der Waals surface area contributed by atoms with Gasteiger partial charge in [-0.1, -0.05) is 0 Å². The summed E-state index contributed by atoms with van der Waals surface area (Å²) >= 11 is 0. The predicted octanol–water partition coefficient (Wildman–Crippen LogP) is 2.32. The van der Waals surface area contributed by atoms with Crippen LogP contribution in [0.3, 0.4) is 0 Å². The fraction of sp³-hybridized carbons (Fsp3) is 0.545. The third kappa shape index (κ3) is 3.05. The molecule has 92 valence electrons. The first kappa shape index (κ1) is 11.6. The molecule has 0 saturated heterocycles. The number of ether oxygens (including phenoxy) is 2. The highest BCUT2D eigenvalue weighted by Gasteiger charge is 2.28. The van der Waals surface area contributed by atoms with Crippen molar-refractivity contribution in [2.75, 3.05) is 0 Å². The van der Waals surface area contributed by atoms with E-state index >= 15 is 0 Å². The summed E-state index contributed by atoms with van der Waals surface area (Å²) in [5, 5.41) is 10.8. The van der Waals surface area contributed by atoms with Gasteiger partial charge in [0.1, 0.15) is 6.20 Å². The van der Waals surface area contributed by atoms with E-state index in [0.717, 1.165) is 12.8 Å². The van der Waals surface area contributed by atoms with E-state index in [1.807, 2.05) is 13.8 Å². The molecule has 0 aliphatic heterocycles. The Hall–Kier alpha value is -1.85. The molecule has 0 radical (unpaired) electrons. The highest BCUT2D eigenvalue weighted by atomic mass is 16.6. The minimum atomic E-state index is -0.496. The lowest BCUT2D eigenvalue weighted by Crippen LogP contribution is -2.08. The number of rotatable bonds is 5. The monoisotopic (exact) mass is 238 g/mol. The Morgan fingerprint density at radius 3 is 2.76 bits per heavy atom. The van der Waals surface area contributed by atoms with Gasteiger partial charge in [0.05, 0.1) is 17.1 Å². The van der Waals surface area contributed by atoms with Crippen molar-refractivity contribution >= 4 is 5.69 Å². The fourth-order valence-electron chi connectivity index (χ4n) is 1.31. The molecule has 0 unspecified atom stereocenters. The van der Waals surface area contributed by atoms with Crippen LogP contribution in [-0.2, 0) is 0 Å². The molecule has 1 aliphatic rings. The van der Waals surface area contributed by atoms with Crippen molar-refractivity contribution in [3.63, 3.8) is 0 Å². The average molecular weight is 238 g/mol. The first-order chi connectivity index (χ1) is 8.06. The zero-order chi connectivity index (χ0) is 12.4. The topological polar surface area (TPSA) is 74.5 Å². The highest BCUT2D eigenvalue weighted by Crippen LogP contribution is 2.34. The average Bonchev–Trinajstić information content (AvgIpc) is 3.00. The van der Waals surface area contributed by atoms with E-state index in [-0.39, 0.29) is 23.6 Å². The van der Waals surface area contributed by atoms with Gasteiger partial charge in [0.2, 0.25) is 11.6 Å². The molecule has 17 heavy (non-hydrogen) atoms. The van der Waals surface area contributed by atoms with Crippen LogP contribution in [0.15, 0.2) is 12.3 Å². The van der Waals surface area contributed by atoms with Crippen molar-refractivity contribution in [2.24, 2.45) is 0 Å². The van der Waals surface area contributed by atoms with Gasteiger partial charge in [0.25, 0.3) is 0 Å². The van der Waals surface area contributed by atoms with Gasteiger partial charge in [-0.2, -0.15) is 0 Å². The van der Waals surface area contributed by atoms with Crippen LogP contribution >= 0.6 is 0 Å². The van der Waals surface area contributed by atoms with Gasteiger partial charge >= 0.3 is 5.69 Å². The van der Waals surface area contributed by atoms with Crippen LogP contribution < -0.4 is 9.47 Å². The standard InChI is InChI=1S/C11H14N2O4/c1-7(2)16-11-5-10(17-8-3-4-8)9(6-12-11)13(14)15/h5-8H,3-4H2,1-2H3. The lowest BCUT2D eigenvalue weighted by Gasteiger charge is -2.10. The van der Waals surface area contributed by atoms with Crippen LogP contribution in [0.25, 0.3) is 0 Å². The van der Waals surface area contributed by atoms with E-state index < -0.39 is 4.92 Å². The van der Waals surface area contributed by atoms with Crippen LogP contribution in [0.1, 0.15) is 26.7 Å². The molecule has 0 spiro atoms. The second kappa shape index (κ2) is 4.57. The van der Waals surface area contributed by atoms with Gasteiger partial charge in [-0.05, 0) is 26.7 Å². The molecule has 6 heteroatoms. The SMILES string of the molecule is CC(C)Oc1cc(OC2CC2)c([N+](=O)[O-])cn1. The van der Waals surface area contributed by atoms with Crippen molar-refractivity contribution in [1.29, 1.82) is 0 Å². The lowest BCUT2D eigenvalue weighted by atomic mass is 10.3.